The summed E-state index contributed by atoms with van der Waals surface area (Å²) in [7, 11) is 0. The molecule has 3 aliphatic rings. The number of amides is 1. The number of quaternary nitrogens is 1. The molecule has 148 valence electrons. The van der Waals surface area contributed by atoms with Gasteiger partial charge in [-0.15, -0.1) is 0 Å². The van der Waals surface area contributed by atoms with Gasteiger partial charge in [0, 0.05) is 6.42 Å². The van der Waals surface area contributed by atoms with Crippen LogP contribution in [0.1, 0.15) is 64.5 Å². The van der Waals surface area contributed by atoms with Gasteiger partial charge in [0.25, 0.3) is 0 Å². The van der Waals surface area contributed by atoms with Crippen LogP contribution in [0.15, 0.2) is 30.3 Å². The van der Waals surface area contributed by atoms with Crippen LogP contribution in [0.4, 0.5) is 4.79 Å². The summed E-state index contributed by atoms with van der Waals surface area (Å²) in [6.45, 7) is 5.37. The largest absolute Gasteiger partial charge is 0.460 e. The van der Waals surface area contributed by atoms with Crippen LogP contribution >= 0.6 is 0 Å². The Morgan fingerprint density at radius 1 is 1.11 bits per heavy atom. The number of esters is 1. The third kappa shape index (κ3) is 5.70. The van der Waals surface area contributed by atoms with Crippen molar-refractivity contribution in [2.45, 2.75) is 82.7 Å². The lowest BCUT2D eigenvalue weighted by atomic mass is 9.84. The van der Waals surface area contributed by atoms with E-state index in [4.69, 9.17) is 9.47 Å². The summed E-state index contributed by atoms with van der Waals surface area (Å²) in [6, 6.07) is 9.62. The number of nitrogens with one attached hydrogen (secondary N) is 1. The molecule has 0 radical (unpaired) electrons. The topological polar surface area (TPSA) is 81.2 Å². The molecule has 2 saturated heterocycles. The SMILES string of the molecule is CC(C)(C)OC(=O)NC(C(=O)OC1CCCC2CC(C1)[NH2+]2)c1ccccc1. The van der Waals surface area contributed by atoms with Crippen LogP contribution < -0.4 is 10.6 Å². The second-order valence-corrected chi connectivity index (χ2v) is 8.66. The molecule has 2 bridgehead atoms. The Morgan fingerprint density at radius 2 is 1.81 bits per heavy atom. The molecule has 1 aromatic carbocycles. The highest BCUT2D eigenvalue weighted by Gasteiger charge is 2.38. The number of ether oxygens (including phenoxy) is 2. The molecular formula is C21H31N2O4+. The number of hydrogen-bond acceptors (Lipinski definition) is 4. The van der Waals surface area contributed by atoms with Crippen LogP contribution in [0.2, 0.25) is 0 Å². The summed E-state index contributed by atoms with van der Waals surface area (Å²) in [4.78, 5) is 25.2. The summed E-state index contributed by atoms with van der Waals surface area (Å²) in [5, 5.41) is 5.08. The monoisotopic (exact) mass is 375 g/mol. The summed E-state index contributed by atoms with van der Waals surface area (Å²) in [6.07, 6.45) is 4.53. The van der Waals surface area contributed by atoms with Crippen molar-refractivity contribution in [3.05, 3.63) is 35.9 Å². The fraction of sp³-hybridized carbons (Fsp3) is 0.619. The van der Waals surface area contributed by atoms with Crippen molar-refractivity contribution in [1.82, 2.24) is 5.32 Å². The van der Waals surface area contributed by atoms with E-state index in [1.54, 1.807) is 20.8 Å². The van der Waals surface area contributed by atoms with Crippen molar-refractivity contribution in [2.24, 2.45) is 0 Å². The lowest BCUT2D eigenvalue weighted by molar-refractivity contribution is -0.781. The van der Waals surface area contributed by atoms with E-state index in [0.717, 1.165) is 25.3 Å². The van der Waals surface area contributed by atoms with Crippen molar-refractivity contribution in [3.63, 3.8) is 0 Å². The first-order valence-corrected chi connectivity index (χ1v) is 9.90. The summed E-state index contributed by atoms with van der Waals surface area (Å²) >= 11 is 0. The molecular weight excluding hydrogens is 344 g/mol. The molecule has 3 fully saturated rings. The minimum absolute atomic E-state index is 0.0911. The van der Waals surface area contributed by atoms with Gasteiger partial charge in [-0.2, -0.15) is 0 Å². The van der Waals surface area contributed by atoms with Gasteiger partial charge in [0.1, 0.15) is 11.7 Å². The Hall–Kier alpha value is -2.08. The average Bonchev–Trinajstić information content (AvgIpc) is 2.52. The van der Waals surface area contributed by atoms with E-state index >= 15 is 0 Å². The number of carbonyl (C=O) groups excluding carboxylic acids is 2. The van der Waals surface area contributed by atoms with Gasteiger partial charge in [0.2, 0.25) is 0 Å². The van der Waals surface area contributed by atoms with Crippen LogP contribution in [-0.4, -0.2) is 35.9 Å². The number of rotatable bonds is 4. The predicted octanol–water partition coefficient (Wildman–Crippen LogP) is 2.44. The first-order chi connectivity index (χ1) is 12.8. The Morgan fingerprint density at radius 3 is 2.48 bits per heavy atom. The Balaban J connectivity index is 1.67. The van der Waals surface area contributed by atoms with E-state index in [1.807, 2.05) is 30.3 Å². The van der Waals surface area contributed by atoms with Gasteiger partial charge >= 0.3 is 12.1 Å². The molecule has 0 spiro atoms. The van der Waals surface area contributed by atoms with Crippen molar-refractivity contribution in [3.8, 4) is 0 Å². The fourth-order valence-corrected chi connectivity index (χ4v) is 3.88. The Labute approximate surface area is 161 Å². The average molecular weight is 375 g/mol. The molecule has 1 aliphatic carbocycles. The fourth-order valence-electron chi connectivity index (χ4n) is 3.88. The van der Waals surface area contributed by atoms with Gasteiger partial charge in [-0.25, -0.2) is 9.59 Å². The van der Waals surface area contributed by atoms with Crippen LogP contribution in [-0.2, 0) is 14.3 Å². The number of benzene rings is 1. The lowest BCUT2D eigenvalue weighted by Gasteiger charge is -2.37. The van der Waals surface area contributed by atoms with Crippen molar-refractivity contribution in [2.75, 3.05) is 0 Å². The molecule has 3 N–H and O–H groups in total. The van der Waals surface area contributed by atoms with Crippen molar-refractivity contribution < 1.29 is 24.4 Å². The zero-order valence-electron chi connectivity index (χ0n) is 16.4. The van der Waals surface area contributed by atoms with E-state index in [9.17, 15) is 9.59 Å². The summed E-state index contributed by atoms with van der Waals surface area (Å²) in [5.74, 6) is -0.423. The lowest BCUT2D eigenvalue weighted by Crippen LogP contribution is -3.04. The number of fused-ring (bicyclic) bond motifs is 4. The van der Waals surface area contributed by atoms with Gasteiger partial charge < -0.3 is 20.1 Å². The maximum Gasteiger partial charge on any atom is 0.408 e. The quantitative estimate of drug-likeness (QED) is 0.792. The van der Waals surface area contributed by atoms with Gasteiger partial charge in [0.15, 0.2) is 6.04 Å². The van der Waals surface area contributed by atoms with E-state index in [-0.39, 0.29) is 6.10 Å². The van der Waals surface area contributed by atoms with Gasteiger partial charge in [-0.1, -0.05) is 30.3 Å². The molecule has 27 heavy (non-hydrogen) atoms. The maximum absolute atomic E-state index is 12.9. The molecule has 4 atom stereocenters. The third-order valence-corrected chi connectivity index (χ3v) is 5.13. The zero-order valence-corrected chi connectivity index (χ0v) is 16.4. The molecule has 4 rings (SSSR count). The number of hydrogen-bond donors (Lipinski definition) is 2. The van der Waals surface area contributed by atoms with Gasteiger partial charge in [-0.05, 0) is 45.6 Å². The van der Waals surface area contributed by atoms with Crippen molar-refractivity contribution >= 4 is 12.1 Å². The second-order valence-electron chi connectivity index (χ2n) is 8.66. The van der Waals surface area contributed by atoms with E-state index in [0.29, 0.717) is 11.6 Å². The number of carbonyl (C=O) groups is 2. The summed E-state index contributed by atoms with van der Waals surface area (Å²) in [5.41, 5.74) is 0.0558. The standard InChI is InChI=1S/C21H30N2O4/c1-21(2,3)27-20(25)23-18(14-8-5-4-6-9-14)19(24)26-17-11-7-10-15-12-16(13-17)22-15/h4-6,8-9,15-18,22H,7,10-13H2,1-3H3,(H,23,25)/p+1. The predicted molar refractivity (Wildman–Crippen MR) is 101 cm³/mol. The molecule has 0 aromatic heterocycles. The number of alkyl carbamates (subject to hydrolysis) is 1. The summed E-state index contributed by atoms with van der Waals surface area (Å²) < 4.78 is 11.2. The minimum atomic E-state index is -0.871. The molecule has 6 nitrogen and oxygen atoms in total. The highest BCUT2D eigenvalue weighted by Crippen LogP contribution is 2.24. The van der Waals surface area contributed by atoms with Crippen molar-refractivity contribution in [1.29, 1.82) is 0 Å². The van der Waals surface area contributed by atoms with E-state index in [2.05, 4.69) is 10.6 Å². The molecule has 1 saturated carbocycles. The van der Waals surface area contributed by atoms with Gasteiger partial charge in [-0.3, -0.25) is 0 Å². The van der Waals surface area contributed by atoms with Crippen LogP contribution in [0.25, 0.3) is 0 Å². The normalized spacial score (nSPS) is 26.0. The van der Waals surface area contributed by atoms with E-state index in [1.165, 1.54) is 12.8 Å². The third-order valence-electron chi connectivity index (χ3n) is 5.13. The molecule has 4 unspecified atom stereocenters. The molecule has 2 aliphatic heterocycles. The highest BCUT2D eigenvalue weighted by molar-refractivity contribution is 5.83. The minimum Gasteiger partial charge on any atom is -0.460 e. The molecule has 1 amide bonds. The highest BCUT2D eigenvalue weighted by atomic mass is 16.6. The second kappa shape index (κ2) is 8.30. The maximum atomic E-state index is 12.9. The Kier molecular flexibility index (Phi) is 6.05. The smallest absolute Gasteiger partial charge is 0.408 e. The van der Waals surface area contributed by atoms with Crippen LogP contribution in [0.5, 0.6) is 0 Å². The molecule has 2 heterocycles. The molecule has 6 heteroatoms. The van der Waals surface area contributed by atoms with Gasteiger partial charge in [0.05, 0.1) is 18.5 Å². The zero-order chi connectivity index (χ0) is 19.4. The van der Waals surface area contributed by atoms with Crippen LogP contribution in [0, 0.1) is 0 Å². The number of nitrogens with two attached hydrogens (primary N) is 1. The first kappa shape index (κ1) is 19.7. The van der Waals surface area contributed by atoms with Crippen LogP contribution in [0.3, 0.4) is 0 Å². The molecule has 1 aromatic rings. The first-order valence-electron chi connectivity index (χ1n) is 9.90. The Bertz CT molecular complexity index is 647. The van der Waals surface area contributed by atoms with E-state index < -0.39 is 23.7 Å².